The average molecular weight is 497 g/mol. The van der Waals surface area contributed by atoms with Gasteiger partial charge in [-0.05, 0) is 65.1 Å². The molecule has 0 saturated carbocycles. The lowest BCUT2D eigenvalue weighted by molar-refractivity contribution is 0.0828. The summed E-state index contributed by atoms with van der Waals surface area (Å²) >= 11 is 7.86. The number of carbonyl (C=O) groups excluding carboxylic acids is 2. The summed E-state index contributed by atoms with van der Waals surface area (Å²) in [5.74, 6) is 0.224. The molecule has 1 heterocycles. The zero-order valence-electron chi connectivity index (χ0n) is 13.9. The fourth-order valence-corrected chi connectivity index (χ4v) is 3.28. The second kappa shape index (κ2) is 8.92. The summed E-state index contributed by atoms with van der Waals surface area (Å²) < 4.78 is 11.7. The summed E-state index contributed by atoms with van der Waals surface area (Å²) in [6, 6.07) is 17.3. The van der Waals surface area contributed by atoms with Crippen LogP contribution in [0.4, 0.5) is 0 Å². The van der Waals surface area contributed by atoms with Crippen LogP contribution in [0, 0.1) is 3.57 Å². The van der Waals surface area contributed by atoms with Crippen LogP contribution in [0.3, 0.4) is 0 Å². The monoisotopic (exact) mass is 496 g/mol. The molecule has 2 N–H and O–H groups in total. The zero-order valence-corrected chi connectivity index (χ0v) is 16.8. The van der Waals surface area contributed by atoms with Gasteiger partial charge >= 0.3 is 5.91 Å². The standard InChI is InChI=1S/C19H14ClIN2O4/c20-12-6-8-15(16(21)10-12)18(24)22-23-19(25)17-9-7-14(27-17)11-26-13-4-2-1-3-5-13/h1-10H,11H2,(H,22,24)(H,23,25). The van der Waals surface area contributed by atoms with Crippen LogP contribution in [0.15, 0.2) is 65.1 Å². The first-order valence-corrected chi connectivity index (χ1v) is 9.31. The van der Waals surface area contributed by atoms with E-state index in [-0.39, 0.29) is 12.4 Å². The fraction of sp³-hybridized carbons (Fsp3) is 0.0526. The number of hydrogen-bond donors (Lipinski definition) is 2. The predicted molar refractivity (Wildman–Crippen MR) is 109 cm³/mol. The van der Waals surface area contributed by atoms with Crippen molar-refractivity contribution in [3.8, 4) is 5.75 Å². The van der Waals surface area contributed by atoms with Gasteiger partial charge in [-0.3, -0.25) is 20.4 Å². The van der Waals surface area contributed by atoms with Gasteiger partial charge in [-0.1, -0.05) is 29.8 Å². The Bertz CT molecular complexity index is 959. The Hall–Kier alpha value is -2.52. The number of rotatable bonds is 5. The first-order valence-electron chi connectivity index (χ1n) is 7.85. The Morgan fingerprint density at radius 2 is 1.74 bits per heavy atom. The van der Waals surface area contributed by atoms with Gasteiger partial charge in [0.2, 0.25) is 0 Å². The number of furan rings is 1. The van der Waals surface area contributed by atoms with Crippen molar-refractivity contribution >= 4 is 46.0 Å². The highest BCUT2D eigenvalue weighted by Crippen LogP contribution is 2.18. The molecule has 0 fully saturated rings. The molecule has 8 heteroatoms. The first kappa shape index (κ1) is 19.2. The molecule has 27 heavy (non-hydrogen) atoms. The molecule has 0 bridgehead atoms. The number of nitrogens with one attached hydrogen (secondary N) is 2. The molecule has 0 aliphatic carbocycles. The number of para-hydroxylation sites is 1. The van der Waals surface area contributed by atoms with E-state index in [9.17, 15) is 9.59 Å². The topological polar surface area (TPSA) is 80.6 Å². The third-order valence-electron chi connectivity index (χ3n) is 3.48. The molecule has 0 saturated heterocycles. The van der Waals surface area contributed by atoms with Crippen LogP contribution in [0.5, 0.6) is 5.75 Å². The van der Waals surface area contributed by atoms with E-state index < -0.39 is 11.8 Å². The molecule has 138 valence electrons. The van der Waals surface area contributed by atoms with E-state index in [2.05, 4.69) is 10.9 Å². The molecular weight excluding hydrogens is 483 g/mol. The van der Waals surface area contributed by atoms with Gasteiger partial charge in [-0.15, -0.1) is 0 Å². The Labute approximate surface area is 174 Å². The third kappa shape index (κ3) is 5.24. The van der Waals surface area contributed by atoms with Crippen molar-refractivity contribution in [2.45, 2.75) is 6.61 Å². The summed E-state index contributed by atoms with van der Waals surface area (Å²) in [5, 5.41) is 0.529. The highest BCUT2D eigenvalue weighted by Gasteiger charge is 2.15. The molecule has 0 unspecified atom stereocenters. The number of hydrazine groups is 1. The largest absolute Gasteiger partial charge is 0.486 e. The Kier molecular flexibility index (Phi) is 6.36. The highest BCUT2D eigenvalue weighted by molar-refractivity contribution is 14.1. The molecule has 0 atom stereocenters. The summed E-state index contributed by atoms with van der Waals surface area (Å²) in [7, 11) is 0. The fourth-order valence-electron chi connectivity index (χ4n) is 2.16. The average Bonchev–Trinajstić information content (AvgIpc) is 3.14. The lowest BCUT2D eigenvalue weighted by Gasteiger charge is -2.08. The van der Waals surface area contributed by atoms with Crippen molar-refractivity contribution in [3.05, 3.63) is 86.3 Å². The first-order chi connectivity index (χ1) is 13.0. The van der Waals surface area contributed by atoms with Gasteiger partial charge in [0.15, 0.2) is 5.76 Å². The molecule has 1 aromatic heterocycles. The van der Waals surface area contributed by atoms with Crippen molar-refractivity contribution in [2.75, 3.05) is 0 Å². The third-order valence-corrected chi connectivity index (χ3v) is 4.60. The van der Waals surface area contributed by atoms with Crippen LogP contribution in [0.25, 0.3) is 0 Å². The van der Waals surface area contributed by atoms with E-state index >= 15 is 0 Å². The molecule has 0 aliphatic rings. The molecular formula is C19H14ClIN2O4. The lowest BCUT2D eigenvalue weighted by Crippen LogP contribution is -2.41. The zero-order chi connectivity index (χ0) is 19.2. The maximum Gasteiger partial charge on any atom is 0.305 e. The van der Waals surface area contributed by atoms with Crippen LogP contribution in [-0.4, -0.2) is 11.8 Å². The number of halogens is 2. The number of amides is 2. The maximum absolute atomic E-state index is 12.2. The summed E-state index contributed by atoms with van der Waals surface area (Å²) in [6.07, 6.45) is 0. The molecule has 6 nitrogen and oxygen atoms in total. The van der Waals surface area contributed by atoms with E-state index in [1.807, 2.05) is 52.9 Å². The summed E-state index contributed by atoms with van der Waals surface area (Å²) in [6.45, 7) is 0.187. The van der Waals surface area contributed by atoms with Crippen molar-refractivity contribution < 1.29 is 18.7 Å². The van der Waals surface area contributed by atoms with E-state index in [0.717, 1.165) is 0 Å². The molecule has 2 aromatic carbocycles. The van der Waals surface area contributed by atoms with Crippen LogP contribution in [0.2, 0.25) is 5.02 Å². The smallest absolute Gasteiger partial charge is 0.305 e. The molecule has 3 rings (SSSR count). The Morgan fingerprint density at radius 3 is 2.48 bits per heavy atom. The van der Waals surface area contributed by atoms with E-state index in [1.165, 1.54) is 6.07 Å². The normalized spacial score (nSPS) is 10.3. The number of ether oxygens (including phenoxy) is 1. The second-order valence-electron chi connectivity index (χ2n) is 5.40. The molecule has 2 amide bonds. The number of benzene rings is 2. The van der Waals surface area contributed by atoms with Gasteiger partial charge in [0.25, 0.3) is 5.91 Å². The lowest BCUT2D eigenvalue weighted by atomic mass is 10.2. The van der Waals surface area contributed by atoms with Crippen molar-refractivity contribution in [2.24, 2.45) is 0 Å². The van der Waals surface area contributed by atoms with Crippen molar-refractivity contribution in [3.63, 3.8) is 0 Å². The van der Waals surface area contributed by atoms with Gasteiger partial charge < -0.3 is 9.15 Å². The highest BCUT2D eigenvalue weighted by atomic mass is 127. The second-order valence-corrected chi connectivity index (χ2v) is 7.00. The molecule has 0 radical (unpaired) electrons. The van der Waals surface area contributed by atoms with Gasteiger partial charge in [0.05, 0.1) is 5.56 Å². The number of carbonyl (C=O) groups is 2. The minimum atomic E-state index is -0.571. The van der Waals surface area contributed by atoms with Crippen LogP contribution in [-0.2, 0) is 6.61 Å². The van der Waals surface area contributed by atoms with Crippen molar-refractivity contribution in [1.82, 2.24) is 10.9 Å². The van der Waals surface area contributed by atoms with Gasteiger partial charge in [0, 0.05) is 8.59 Å². The van der Waals surface area contributed by atoms with E-state index in [4.69, 9.17) is 20.8 Å². The maximum atomic E-state index is 12.2. The quantitative estimate of drug-likeness (QED) is 0.410. The summed E-state index contributed by atoms with van der Waals surface area (Å²) in [4.78, 5) is 24.3. The minimum Gasteiger partial charge on any atom is -0.486 e. The number of hydrogen-bond acceptors (Lipinski definition) is 4. The minimum absolute atomic E-state index is 0.0627. The van der Waals surface area contributed by atoms with Crippen LogP contribution in [0.1, 0.15) is 26.7 Å². The van der Waals surface area contributed by atoms with E-state index in [0.29, 0.717) is 25.7 Å². The van der Waals surface area contributed by atoms with Crippen LogP contribution < -0.4 is 15.6 Å². The van der Waals surface area contributed by atoms with E-state index in [1.54, 1.807) is 24.3 Å². The van der Waals surface area contributed by atoms with Crippen LogP contribution >= 0.6 is 34.2 Å². The molecule has 0 aliphatic heterocycles. The van der Waals surface area contributed by atoms with Gasteiger partial charge in [-0.25, -0.2) is 0 Å². The van der Waals surface area contributed by atoms with Gasteiger partial charge in [0.1, 0.15) is 18.1 Å². The Morgan fingerprint density at radius 1 is 1.00 bits per heavy atom. The molecule has 0 spiro atoms. The Balaban J connectivity index is 1.54. The SMILES string of the molecule is O=C(NNC(=O)c1ccc(Cl)cc1I)c1ccc(COc2ccccc2)o1. The van der Waals surface area contributed by atoms with Gasteiger partial charge in [-0.2, -0.15) is 0 Å². The predicted octanol–water partition coefficient (Wildman–Crippen LogP) is 4.19. The summed E-state index contributed by atoms with van der Waals surface area (Å²) in [5.41, 5.74) is 5.06. The van der Waals surface area contributed by atoms with Crippen molar-refractivity contribution in [1.29, 1.82) is 0 Å². The molecule has 3 aromatic rings.